The topological polar surface area (TPSA) is 108 Å². The largest absolute Gasteiger partial charge is 0.492 e. The molecule has 0 radical (unpaired) electrons. The van der Waals surface area contributed by atoms with Gasteiger partial charge in [-0.2, -0.15) is 0 Å². The van der Waals surface area contributed by atoms with Gasteiger partial charge in [-0.05, 0) is 45.7 Å². The first-order chi connectivity index (χ1) is 14.9. The first-order valence-corrected chi connectivity index (χ1v) is 10.5. The molecule has 0 amide bonds. The second-order valence-electron chi connectivity index (χ2n) is 7.67. The Morgan fingerprint density at radius 3 is 2.71 bits per heavy atom. The van der Waals surface area contributed by atoms with Gasteiger partial charge in [0.05, 0.1) is 11.5 Å². The number of ether oxygens (including phenoxy) is 2. The Hall–Kier alpha value is -3.07. The molecular weight excluding hydrogens is 400 g/mol. The Bertz CT molecular complexity index is 929. The minimum absolute atomic E-state index is 0.00801. The second-order valence-corrected chi connectivity index (χ2v) is 7.67. The van der Waals surface area contributed by atoms with E-state index < -0.39 is 4.92 Å². The lowest BCUT2D eigenvalue weighted by atomic mass is 10.0. The third-order valence-electron chi connectivity index (χ3n) is 5.47. The van der Waals surface area contributed by atoms with Gasteiger partial charge in [0.2, 0.25) is 0 Å². The Kier molecular flexibility index (Phi) is 7.51. The van der Waals surface area contributed by atoms with Gasteiger partial charge in [-0.25, -0.2) is 9.97 Å². The Balaban J connectivity index is 1.67. The van der Waals surface area contributed by atoms with Crippen LogP contribution in [0.15, 0.2) is 24.5 Å². The number of carbonyl (C=O) groups excluding carboxylic acids is 1. The minimum Gasteiger partial charge on any atom is -0.492 e. The van der Waals surface area contributed by atoms with Gasteiger partial charge >= 0.3 is 5.97 Å². The summed E-state index contributed by atoms with van der Waals surface area (Å²) in [6.07, 6.45) is 2.89. The summed E-state index contributed by atoms with van der Waals surface area (Å²) in [4.78, 5) is 33.3. The van der Waals surface area contributed by atoms with Crippen LogP contribution in [-0.4, -0.2) is 58.6 Å². The van der Waals surface area contributed by atoms with Gasteiger partial charge in [-0.15, -0.1) is 0 Å². The number of esters is 1. The summed E-state index contributed by atoms with van der Waals surface area (Å²) in [5.41, 5.74) is 2.83. The molecule has 9 nitrogen and oxygen atoms in total. The van der Waals surface area contributed by atoms with E-state index in [-0.39, 0.29) is 11.7 Å². The lowest BCUT2D eigenvalue weighted by Crippen LogP contribution is -2.26. The van der Waals surface area contributed by atoms with Crippen molar-refractivity contribution < 1.29 is 19.2 Å². The molecule has 31 heavy (non-hydrogen) atoms. The first-order valence-electron chi connectivity index (χ1n) is 10.5. The molecule has 1 aromatic carbocycles. The van der Waals surface area contributed by atoms with Crippen molar-refractivity contribution in [1.82, 2.24) is 14.9 Å². The predicted octanol–water partition coefficient (Wildman–Crippen LogP) is 3.32. The molecule has 3 rings (SSSR count). The summed E-state index contributed by atoms with van der Waals surface area (Å²) in [5, 5.41) is 11.3. The molecule has 2 aromatic rings. The molecule has 166 valence electrons. The van der Waals surface area contributed by atoms with Crippen LogP contribution in [0.5, 0.6) is 5.75 Å². The highest BCUT2D eigenvalue weighted by Gasteiger charge is 2.25. The number of aromatic nitrogens is 2. The summed E-state index contributed by atoms with van der Waals surface area (Å²) in [5.74, 6) is 0.728. The van der Waals surface area contributed by atoms with E-state index in [1.54, 1.807) is 6.07 Å². The summed E-state index contributed by atoms with van der Waals surface area (Å²) in [7, 11) is 0. The van der Waals surface area contributed by atoms with Crippen molar-refractivity contribution in [3.8, 4) is 16.9 Å². The van der Waals surface area contributed by atoms with Crippen LogP contribution in [0.2, 0.25) is 0 Å². The monoisotopic (exact) mass is 428 g/mol. The van der Waals surface area contributed by atoms with Crippen LogP contribution in [0.3, 0.4) is 0 Å². The quantitative estimate of drug-likeness (QED) is 0.340. The van der Waals surface area contributed by atoms with Crippen molar-refractivity contribution >= 4 is 11.7 Å². The van der Waals surface area contributed by atoms with Crippen LogP contribution in [0.4, 0.5) is 5.69 Å². The summed E-state index contributed by atoms with van der Waals surface area (Å²) < 4.78 is 11.1. The van der Waals surface area contributed by atoms with Crippen molar-refractivity contribution in [3.05, 3.63) is 46.0 Å². The highest BCUT2D eigenvalue weighted by atomic mass is 16.6. The molecule has 1 aliphatic rings. The molecule has 0 spiro atoms. The number of hydrogen-bond acceptors (Lipinski definition) is 8. The van der Waals surface area contributed by atoms with Crippen molar-refractivity contribution in [1.29, 1.82) is 0 Å². The smallest absolute Gasteiger partial charge is 0.306 e. The number of non-ortho nitro benzene ring substituents is 1. The molecule has 0 aliphatic carbocycles. The maximum atomic E-state index is 11.7. The molecule has 1 aromatic heterocycles. The molecule has 1 fully saturated rings. The van der Waals surface area contributed by atoms with Gasteiger partial charge in [0.15, 0.2) is 0 Å². The van der Waals surface area contributed by atoms with E-state index in [9.17, 15) is 14.9 Å². The van der Waals surface area contributed by atoms with Crippen molar-refractivity contribution in [2.75, 3.05) is 32.8 Å². The average Bonchev–Trinajstić information content (AvgIpc) is 3.15. The lowest BCUT2D eigenvalue weighted by molar-refractivity contribution is -0.384. The molecule has 0 bridgehead atoms. The van der Waals surface area contributed by atoms with Crippen LogP contribution in [0.25, 0.3) is 11.1 Å². The zero-order valence-electron chi connectivity index (χ0n) is 18.2. The average molecular weight is 428 g/mol. The number of benzene rings is 1. The zero-order valence-corrected chi connectivity index (χ0v) is 18.2. The van der Waals surface area contributed by atoms with Crippen LogP contribution in [0.1, 0.15) is 31.2 Å². The number of likely N-dealkylation sites (tertiary alicyclic amines) is 1. The van der Waals surface area contributed by atoms with Crippen LogP contribution in [0, 0.1) is 29.9 Å². The molecule has 1 aliphatic heterocycles. The van der Waals surface area contributed by atoms with Gasteiger partial charge in [-0.3, -0.25) is 19.8 Å². The summed E-state index contributed by atoms with van der Waals surface area (Å²) >= 11 is 0. The highest BCUT2D eigenvalue weighted by Crippen LogP contribution is 2.36. The number of hydrogen-bond donors (Lipinski definition) is 0. The van der Waals surface area contributed by atoms with Crippen molar-refractivity contribution in [3.63, 3.8) is 0 Å². The van der Waals surface area contributed by atoms with E-state index in [1.807, 2.05) is 20.8 Å². The molecule has 2 heterocycles. The Morgan fingerprint density at radius 1 is 1.29 bits per heavy atom. The third-order valence-corrected chi connectivity index (χ3v) is 5.47. The van der Waals surface area contributed by atoms with Gasteiger partial charge < -0.3 is 9.47 Å². The molecular formula is C22H28N4O5. The number of nitrogens with zero attached hydrogens (tertiary/aromatic N) is 4. The van der Waals surface area contributed by atoms with Crippen LogP contribution in [-0.2, 0) is 9.53 Å². The lowest BCUT2D eigenvalue weighted by Gasteiger charge is -2.18. The number of nitro benzene ring substituents is 1. The van der Waals surface area contributed by atoms with Crippen molar-refractivity contribution in [2.45, 2.75) is 33.6 Å². The minimum atomic E-state index is -0.421. The molecule has 1 unspecified atom stereocenters. The van der Waals surface area contributed by atoms with Gasteiger partial charge in [0, 0.05) is 54.2 Å². The molecule has 9 heteroatoms. The predicted molar refractivity (Wildman–Crippen MR) is 115 cm³/mol. The van der Waals surface area contributed by atoms with Gasteiger partial charge in [-0.1, -0.05) is 0 Å². The van der Waals surface area contributed by atoms with Crippen LogP contribution >= 0.6 is 0 Å². The SMILES string of the molecule is CCOC(=O)CC1CCN(CCOc2ccc([N+](=O)[O-])cc2-c2c(C)ncnc2C)C1. The fourth-order valence-electron chi connectivity index (χ4n) is 3.96. The van der Waals surface area contributed by atoms with E-state index in [0.717, 1.165) is 36.5 Å². The van der Waals surface area contributed by atoms with E-state index in [2.05, 4.69) is 14.9 Å². The second kappa shape index (κ2) is 10.3. The van der Waals surface area contributed by atoms with Crippen LogP contribution < -0.4 is 4.74 Å². The fourth-order valence-corrected chi connectivity index (χ4v) is 3.96. The Morgan fingerprint density at radius 2 is 2.03 bits per heavy atom. The maximum Gasteiger partial charge on any atom is 0.306 e. The highest BCUT2D eigenvalue weighted by molar-refractivity contribution is 5.76. The summed E-state index contributed by atoms with van der Waals surface area (Å²) in [6.45, 7) is 8.80. The fraction of sp³-hybridized carbons (Fsp3) is 0.500. The molecule has 0 saturated carbocycles. The zero-order chi connectivity index (χ0) is 22.4. The maximum absolute atomic E-state index is 11.7. The summed E-state index contributed by atoms with van der Waals surface area (Å²) in [6, 6.07) is 4.59. The van der Waals surface area contributed by atoms with Gasteiger partial charge in [0.25, 0.3) is 5.69 Å². The van der Waals surface area contributed by atoms with Gasteiger partial charge in [0.1, 0.15) is 18.7 Å². The number of carbonyl (C=O) groups is 1. The number of aryl methyl sites for hydroxylation is 2. The Labute approximate surface area is 181 Å². The number of nitro groups is 1. The number of rotatable bonds is 9. The third kappa shape index (κ3) is 5.75. The van der Waals surface area contributed by atoms with E-state index in [0.29, 0.717) is 43.4 Å². The molecule has 1 saturated heterocycles. The van der Waals surface area contributed by atoms with E-state index in [1.165, 1.54) is 18.5 Å². The standard InChI is InChI=1S/C22H28N4O5/c1-4-30-21(27)11-17-7-8-25(13-17)9-10-31-20-6-5-18(26(28)29)12-19(20)22-15(2)23-14-24-16(22)3/h5-6,12,14,17H,4,7-11,13H2,1-3H3. The molecule has 0 N–H and O–H groups in total. The molecule has 1 atom stereocenters. The van der Waals surface area contributed by atoms with E-state index in [4.69, 9.17) is 9.47 Å². The first kappa shape index (κ1) is 22.6. The van der Waals surface area contributed by atoms with E-state index >= 15 is 0 Å². The normalized spacial score (nSPS) is 16.3. The van der Waals surface area contributed by atoms with Crippen molar-refractivity contribution in [2.24, 2.45) is 5.92 Å².